The van der Waals surface area contributed by atoms with Gasteiger partial charge in [0, 0.05) is 24.2 Å². The van der Waals surface area contributed by atoms with Crippen LogP contribution < -0.4 is 5.32 Å². The van der Waals surface area contributed by atoms with E-state index in [2.05, 4.69) is 15.4 Å². The predicted molar refractivity (Wildman–Crippen MR) is 99.9 cm³/mol. The molecule has 1 unspecified atom stereocenters. The van der Waals surface area contributed by atoms with Gasteiger partial charge in [-0.3, -0.25) is 0 Å². The molecule has 2 aromatic carbocycles. The number of anilines is 1. The molecule has 27 heavy (non-hydrogen) atoms. The summed E-state index contributed by atoms with van der Waals surface area (Å²) >= 11 is 0. The standard InChI is InChI=1S/C20H17FN4O2/c21-15-6-4-13(5-7-15)17-11-20(25-19(24-17)8-9-23-25)22-12-18(27)14-2-1-3-16(26)10-14/h1-11,18,22,26-27H,12H2. The average molecular weight is 364 g/mol. The van der Waals surface area contributed by atoms with Crippen LogP contribution in [-0.2, 0) is 0 Å². The number of aromatic nitrogens is 3. The number of halogens is 1. The van der Waals surface area contributed by atoms with Crippen LogP contribution in [0.1, 0.15) is 11.7 Å². The number of hydrogen-bond acceptors (Lipinski definition) is 5. The van der Waals surface area contributed by atoms with Crippen LogP contribution in [0.3, 0.4) is 0 Å². The van der Waals surface area contributed by atoms with Gasteiger partial charge in [-0.1, -0.05) is 12.1 Å². The van der Waals surface area contributed by atoms with Crippen LogP contribution in [0.5, 0.6) is 5.75 Å². The zero-order valence-electron chi connectivity index (χ0n) is 14.2. The second kappa shape index (κ2) is 7.05. The quantitative estimate of drug-likeness (QED) is 0.506. The van der Waals surface area contributed by atoms with Gasteiger partial charge in [-0.15, -0.1) is 0 Å². The van der Waals surface area contributed by atoms with E-state index >= 15 is 0 Å². The number of aliphatic hydroxyl groups is 1. The summed E-state index contributed by atoms with van der Waals surface area (Å²) in [5.41, 5.74) is 2.67. The third-order valence-corrected chi connectivity index (χ3v) is 4.23. The summed E-state index contributed by atoms with van der Waals surface area (Å²) < 4.78 is 14.8. The second-order valence-corrected chi connectivity index (χ2v) is 6.13. The molecule has 0 radical (unpaired) electrons. The number of aliphatic hydroxyl groups excluding tert-OH is 1. The van der Waals surface area contributed by atoms with Crippen molar-refractivity contribution >= 4 is 11.5 Å². The van der Waals surface area contributed by atoms with Crippen LogP contribution in [0.2, 0.25) is 0 Å². The molecule has 4 rings (SSSR count). The van der Waals surface area contributed by atoms with Gasteiger partial charge < -0.3 is 15.5 Å². The van der Waals surface area contributed by atoms with E-state index in [0.717, 1.165) is 5.56 Å². The highest BCUT2D eigenvalue weighted by Gasteiger charge is 2.12. The number of aromatic hydroxyl groups is 1. The molecule has 0 aliphatic heterocycles. The van der Waals surface area contributed by atoms with E-state index in [0.29, 0.717) is 22.7 Å². The van der Waals surface area contributed by atoms with E-state index in [-0.39, 0.29) is 18.1 Å². The monoisotopic (exact) mass is 364 g/mol. The molecule has 0 saturated heterocycles. The molecule has 6 nitrogen and oxygen atoms in total. The second-order valence-electron chi connectivity index (χ2n) is 6.13. The number of fused-ring (bicyclic) bond motifs is 1. The molecular weight excluding hydrogens is 347 g/mol. The number of hydrogen-bond donors (Lipinski definition) is 3. The van der Waals surface area contributed by atoms with Gasteiger partial charge in [-0.25, -0.2) is 9.37 Å². The molecule has 0 saturated carbocycles. The first-order valence-electron chi connectivity index (χ1n) is 8.42. The van der Waals surface area contributed by atoms with Crippen LogP contribution in [0.15, 0.2) is 66.9 Å². The van der Waals surface area contributed by atoms with Gasteiger partial charge in [0.15, 0.2) is 5.65 Å². The minimum absolute atomic E-state index is 0.100. The highest BCUT2D eigenvalue weighted by Crippen LogP contribution is 2.24. The Bertz CT molecular complexity index is 1080. The zero-order chi connectivity index (χ0) is 18.8. The number of phenols is 1. The number of nitrogens with zero attached hydrogens (tertiary/aromatic N) is 3. The Morgan fingerprint density at radius 1 is 1.07 bits per heavy atom. The van der Waals surface area contributed by atoms with Crippen molar-refractivity contribution in [2.24, 2.45) is 0 Å². The summed E-state index contributed by atoms with van der Waals surface area (Å²) in [5.74, 6) is 0.434. The Balaban J connectivity index is 1.62. The summed E-state index contributed by atoms with van der Waals surface area (Å²) in [6.45, 7) is 0.214. The van der Waals surface area contributed by atoms with Crippen molar-refractivity contribution in [3.8, 4) is 17.0 Å². The lowest BCUT2D eigenvalue weighted by Crippen LogP contribution is -2.15. The molecule has 0 spiro atoms. The molecule has 1 atom stereocenters. The Morgan fingerprint density at radius 3 is 2.67 bits per heavy atom. The normalized spacial score (nSPS) is 12.2. The summed E-state index contributed by atoms with van der Waals surface area (Å²) in [6.07, 6.45) is 0.818. The lowest BCUT2D eigenvalue weighted by molar-refractivity contribution is 0.191. The fourth-order valence-corrected chi connectivity index (χ4v) is 2.86. The first-order chi connectivity index (χ1) is 13.1. The summed E-state index contributed by atoms with van der Waals surface area (Å²) in [7, 11) is 0. The van der Waals surface area contributed by atoms with Gasteiger partial charge in [-0.05, 0) is 42.0 Å². The van der Waals surface area contributed by atoms with E-state index in [9.17, 15) is 14.6 Å². The maximum atomic E-state index is 13.2. The van der Waals surface area contributed by atoms with E-state index < -0.39 is 6.10 Å². The zero-order valence-corrected chi connectivity index (χ0v) is 14.2. The highest BCUT2D eigenvalue weighted by molar-refractivity contribution is 5.66. The molecule has 2 aromatic heterocycles. The molecule has 0 fully saturated rings. The molecule has 0 bridgehead atoms. The summed E-state index contributed by atoms with van der Waals surface area (Å²) in [6, 6.07) is 16.1. The number of rotatable bonds is 5. The van der Waals surface area contributed by atoms with Gasteiger partial charge in [0.25, 0.3) is 0 Å². The van der Waals surface area contributed by atoms with Gasteiger partial charge in [-0.2, -0.15) is 9.61 Å². The maximum absolute atomic E-state index is 13.2. The number of phenolic OH excluding ortho intramolecular Hbond substituents is 1. The lowest BCUT2D eigenvalue weighted by Gasteiger charge is -2.15. The Morgan fingerprint density at radius 2 is 1.89 bits per heavy atom. The fraction of sp³-hybridized carbons (Fsp3) is 0.100. The van der Waals surface area contributed by atoms with Crippen LogP contribution >= 0.6 is 0 Å². The van der Waals surface area contributed by atoms with Crippen LogP contribution in [0.25, 0.3) is 16.9 Å². The summed E-state index contributed by atoms with van der Waals surface area (Å²) in [5, 5.41) is 27.4. The van der Waals surface area contributed by atoms with Crippen molar-refractivity contribution in [2.45, 2.75) is 6.10 Å². The van der Waals surface area contributed by atoms with Crippen LogP contribution in [0.4, 0.5) is 10.2 Å². The molecule has 0 amide bonds. The van der Waals surface area contributed by atoms with Crippen LogP contribution in [-0.4, -0.2) is 31.4 Å². The molecule has 136 valence electrons. The minimum atomic E-state index is -0.815. The number of nitrogens with one attached hydrogen (secondary N) is 1. The van der Waals surface area contributed by atoms with E-state index in [4.69, 9.17) is 0 Å². The average Bonchev–Trinajstić information content (AvgIpc) is 3.15. The third kappa shape index (κ3) is 3.58. The van der Waals surface area contributed by atoms with Gasteiger partial charge in [0.2, 0.25) is 0 Å². The topological polar surface area (TPSA) is 82.7 Å². The molecule has 0 aliphatic rings. The predicted octanol–water partition coefficient (Wildman–Crippen LogP) is 3.39. The first-order valence-corrected chi connectivity index (χ1v) is 8.42. The Labute approximate surface area is 154 Å². The van der Waals surface area contributed by atoms with Crippen molar-refractivity contribution in [1.29, 1.82) is 0 Å². The molecule has 3 N–H and O–H groups in total. The third-order valence-electron chi connectivity index (χ3n) is 4.23. The molecule has 0 aliphatic carbocycles. The minimum Gasteiger partial charge on any atom is -0.508 e. The van der Waals surface area contributed by atoms with Gasteiger partial charge >= 0.3 is 0 Å². The lowest BCUT2D eigenvalue weighted by atomic mass is 10.1. The highest BCUT2D eigenvalue weighted by atomic mass is 19.1. The van der Waals surface area contributed by atoms with Gasteiger partial charge in [0.1, 0.15) is 17.4 Å². The van der Waals surface area contributed by atoms with E-state index in [1.807, 2.05) is 0 Å². The molecular formula is C20H17FN4O2. The largest absolute Gasteiger partial charge is 0.508 e. The van der Waals surface area contributed by atoms with Crippen LogP contribution in [0, 0.1) is 5.82 Å². The Hall–Kier alpha value is -3.45. The Kier molecular flexibility index (Phi) is 4.43. The molecule has 2 heterocycles. The SMILES string of the molecule is Oc1cccc(C(O)CNc2cc(-c3ccc(F)cc3)nc3ccnn23)c1. The van der Waals surface area contributed by atoms with E-state index in [1.165, 1.54) is 18.2 Å². The van der Waals surface area contributed by atoms with Crippen molar-refractivity contribution in [1.82, 2.24) is 14.6 Å². The first kappa shape index (κ1) is 17.0. The molecule has 7 heteroatoms. The number of benzene rings is 2. The van der Waals surface area contributed by atoms with Gasteiger partial charge in [0.05, 0.1) is 18.0 Å². The molecule has 4 aromatic rings. The van der Waals surface area contributed by atoms with E-state index in [1.54, 1.807) is 53.2 Å². The summed E-state index contributed by atoms with van der Waals surface area (Å²) in [4.78, 5) is 4.54. The van der Waals surface area contributed by atoms with Crippen molar-refractivity contribution < 1.29 is 14.6 Å². The maximum Gasteiger partial charge on any atom is 0.157 e. The van der Waals surface area contributed by atoms with Crippen molar-refractivity contribution in [3.05, 3.63) is 78.2 Å². The smallest absolute Gasteiger partial charge is 0.157 e. The fourth-order valence-electron chi connectivity index (χ4n) is 2.86. The van der Waals surface area contributed by atoms with Crippen molar-refractivity contribution in [3.63, 3.8) is 0 Å². The van der Waals surface area contributed by atoms with Crippen molar-refractivity contribution in [2.75, 3.05) is 11.9 Å².